The van der Waals surface area contributed by atoms with Crippen LogP contribution in [0.25, 0.3) is 0 Å². The van der Waals surface area contributed by atoms with E-state index in [1.807, 2.05) is 0 Å². The lowest BCUT2D eigenvalue weighted by Gasteiger charge is -2.38. The molecule has 6 heteroatoms. The van der Waals surface area contributed by atoms with Crippen molar-refractivity contribution >= 4 is 22.2 Å². The Morgan fingerprint density at radius 3 is 2.38 bits per heavy atom. The van der Waals surface area contributed by atoms with Crippen molar-refractivity contribution in [2.45, 2.75) is 39.2 Å². The summed E-state index contributed by atoms with van der Waals surface area (Å²) in [4.78, 5) is 19.0. The van der Waals surface area contributed by atoms with Crippen LogP contribution in [-0.2, 0) is 6.42 Å². The fraction of sp³-hybridized carbons (Fsp3) is 0.423. The molecule has 1 aliphatic heterocycles. The Morgan fingerprint density at radius 1 is 1.09 bits per heavy atom. The van der Waals surface area contributed by atoms with Crippen LogP contribution in [0.5, 0.6) is 0 Å². The fourth-order valence-electron chi connectivity index (χ4n) is 4.24. The summed E-state index contributed by atoms with van der Waals surface area (Å²) < 4.78 is 5.33. The number of aryl methyl sites for hydroxylation is 1. The van der Waals surface area contributed by atoms with Gasteiger partial charge in [-0.25, -0.2) is 0 Å². The standard InChI is InChI=1S/C26H33N3O2S/c1-5-21-17-22(26(32-21)27-25(30)23-7-6-16-31-23)24(29-14-12-28(4)13-15-29)20-10-8-19(9-11-20)18(2)3/h6-11,16-18,24H,5,12-15H2,1-4H3,(H,27,30)/t24-/m1/s1. The number of hydrogen-bond donors (Lipinski definition) is 1. The Kier molecular flexibility index (Phi) is 7.13. The van der Waals surface area contributed by atoms with E-state index in [2.05, 4.69) is 73.3 Å². The van der Waals surface area contributed by atoms with E-state index in [4.69, 9.17) is 4.42 Å². The molecule has 0 radical (unpaired) electrons. The number of anilines is 1. The number of benzene rings is 1. The van der Waals surface area contributed by atoms with Crippen LogP contribution in [0, 0.1) is 0 Å². The monoisotopic (exact) mass is 451 g/mol. The van der Waals surface area contributed by atoms with Crippen LogP contribution in [-0.4, -0.2) is 48.9 Å². The summed E-state index contributed by atoms with van der Waals surface area (Å²) in [5.74, 6) is 0.634. The van der Waals surface area contributed by atoms with E-state index in [1.54, 1.807) is 23.5 Å². The second-order valence-corrected chi connectivity index (χ2v) is 9.98. The molecule has 0 spiro atoms. The lowest BCUT2D eigenvalue weighted by Crippen LogP contribution is -2.46. The molecule has 0 unspecified atom stereocenters. The summed E-state index contributed by atoms with van der Waals surface area (Å²) in [6.07, 6.45) is 2.47. The van der Waals surface area contributed by atoms with Gasteiger partial charge in [-0.05, 0) is 48.7 Å². The second-order valence-electron chi connectivity index (χ2n) is 8.85. The molecule has 170 valence electrons. The van der Waals surface area contributed by atoms with Crippen LogP contribution in [0.4, 0.5) is 5.00 Å². The summed E-state index contributed by atoms with van der Waals surface area (Å²) in [5, 5.41) is 4.06. The maximum absolute atomic E-state index is 12.8. The van der Waals surface area contributed by atoms with Crippen LogP contribution in [0.15, 0.2) is 53.1 Å². The van der Waals surface area contributed by atoms with E-state index in [1.165, 1.54) is 27.8 Å². The molecule has 2 aromatic heterocycles. The number of hydrogen-bond acceptors (Lipinski definition) is 5. The molecule has 1 N–H and O–H groups in total. The highest BCUT2D eigenvalue weighted by Gasteiger charge is 2.29. The SMILES string of the molecule is CCc1cc([C@@H](c2ccc(C(C)C)cc2)N2CCN(C)CC2)c(NC(=O)c2ccco2)s1. The van der Waals surface area contributed by atoms with Gasteiger partial charge in [0.25, 0.3) is 5.91 Å². The highest BCUT2D eigenvalue weighted by atomic mass is 32.1. The zero-order valence-corrected chi connectivity index (χ0v) is 20.2. The van der Waals surface area contributed by atoms with Crippen molar-refractivity contribution < 1.29 is 9.21 Å². The Bertz CT molecular complexity index is 1020. The highest BCUT2D eigenvalue weighted by molar-refractivity contribution is 7.16. The fourth-order valence-corrected chi connectivity index (χ4v) is 5.26. The van der Waals surface area contributed by atoms with Gasteiger partial charge in [0.15, 0.2) is 5.76 Å². The third-order valence-corrected chi connectivity index (χ3v) is 7.46. The van der Waals surface area contributed by atoms with E-state index < -0.39 is 0 Å². The Hall–Kier alpha value is -2.41. The van der Waals surface area contributed by atoms with E-state index in [9.17, 15) is 4.79 Å². The summed E-state index contributed by atoms with van der Waals surface area (Å²) in [6.45, 7) is 10.7. The molecule has 4 rings (SSSR count). The van der Waals surface area contributed by atoms with Crippen molar-refractivity contribution in [3.05, 3.63) is 76.1 Å². The number of furan rings is 1. The van der Waals surface area contributed by atoms with E-state index in [0.717, 1.165) is 37.6 Å². The molecule has 0 aliphatic carbocycles. The van der Waals surface area contributed by atoms with Gasteiger partial charge in [-0.1, -0.05) is 45.0 Å². The van der Waals surface area contributed by atoms with Crippen LogP contribution < -0.4 is 5.32 Å². The van der Waals surface area contributed by atoms with Gasteiger partial charge in [-0.3, -0.25) is 9.69 Å². The minimum absolute atomic E-state index is 0.105. The van der Waals surface area contributed by atoms with E-state index >= 15 is 0 Å². The number of likely N-dealkylation sites (N-methyl/N-ethyl adjacent to an activating group) is 1. The molecule has 1 saturated heterocycles. The number of nitrogens with zero attached hydrogens (tertiary/aromatic N) is 2. The van der Waals surface area contributed by atoms with Crippen molar-refractivity contribution in [3.63, 3.8) is 0 Å². The largest absolute Gasteiger partial charge is 0.459 e. The molecule has 32 heavy (non-hydrogen) atoms. The first-order valence-electron chi connectivity index (χ1n) is 11.5. The van der Waals surface area contributed by atoms with Crippen LogP contribution in [0.2, 0.25) is 0 Å². The van der Waals surface area contributed by atoms with Gasteiger partial charge in [0, 0.05) is 36.6 Å². The summed E-state index contributed by atoms with van der Waals surface area (Å²) in [5.41, 5.74) is 3.79. The Labute approximate surface area is 195 Å². The molecule has 0 bridgehead atoms. The van der Waals surface area contributed by atoms with E-state index in [-0.39, 0.29) is 11.9 Å². The van der Waals surface area contributed by atoms with Crippen molar-refractivity contribution in [1.29, 1.82) is 0 Å². The summed E-state index contributed by atoms with van der Waals surface area (Å²) in [6, 6.07) is 14.8. The Balaban J connectivity index is 1.73. The summed E-state index contributed by atoms with van der Waals surface area (Å²) in [7, 11) is 2.18. The van der Waals surface area contributed by atoms with Gasteiger partial charge >= 0.3 is 0 Å². The number of amides is 1. The molecule has 3 heterocycles. The van der Waals surface area contributed by atoms with Gasteiger partial charge < -0.3 is 14.6 Å². The number of thiophene rings is 1. The summed E-state index contributed by atoms with van der Waals surface area (Å²) >= 11 is 1.67. The predicted molar refractivity (Wildman–Crippen MR) is 132 cm³/mol. The maximum Gasteiger partial charge on any atom is 0.291 e. The molecule has 1 aliphatic rings. The van der Waals surface area contributed by atoms with Gasteiger partial charge in [-0.15, -0.1) is 11.3 Å². The second kappa shape index (κ2) is 10.0. The number of rotatable bonds is 7. The molecular weight excluding hydrogens is 418 g/mol. The first kappa shape index (κ1) is 22.8. The molecule has 0 saturated carbocycles. The quantitative estimate of drug-likeness (QED) is 0.507. The van der Waals surface area contributed by atoms with Crippen molar-refractivity contribution in [2.75, 3.05) is 38.5 Å². The Morgan fingerprint density at radius 2 is 1.78 bits per heavy atom. The first-order valence-corrected chi connectivity index (χ1v) is 12.3. The van der Waals surface area contributed by atoms with E-state index in [0.29, 0.717) is 11.7 Å². The zero-order chi connectivity index (χ0) is 22.7. The average molecular weight is 452 g/mol. The predicted octanol–water partition coefficient (Wildman–Crippen LogP) is 5.62. The highest BCUT2D eigenvalue weighted by Crippen LogP contribution is 2.40. The van der Waals surface area contributed by atoms with Gasteiger partial charge in [-0.2, -0.15) is 0 Å². The minimum atomic E-state index is -0.201. The number of piperazine rings is 1. The van der Waals surface area contributed by atoms with Crippen molar-refractivity contribution in [1.82, 2.24) is 9.80 Å². The molecule has 3 aromatic rings. The minimum Gasteiger partial charge on any atom is -0.459 e. The van der Waals surface area contributed by atoms with Crippen LogP contribution >= 0.6 is 11.3 Å². The number of carbonyl (C=O) groups excluding carboxylic acids is 1. The van der Waals surface area contributed by atoms with Crippen LogP contribution in [0.1, 0.15) is 64.9 Å². The van der Waals surface area contributed by atoms with Crippen LogP contribution in [0.3, 0.4) is 0 Å². The third kappa shape index (κ3) is 4.98. The van der Waals surface area contributed by atoms with Gasteiger partial charge in [0.1, 0.15) is 5.00 Å². The zero-order valence-electron chi connectivity index (χ0n) is 19.4. The molecule has 1 fully saturated rings. The van der Waals surface area contributed by atoms with Crippen molar-refractivity contribution in [2.24, 2.45) is 0 Å². The third-order valence-electron chi connectivity index (χ3n) is 6.25. The molecule has 5 nitrogen and oxygen atoms in total. The molecule has 1 atom stereocenters. The molecule has 1 aromatic carbocycles. The smallest absolute Gasteiger partial charge is 0.291 e. The van der Waals surface area contributed by atoms with Crippen molar-refractivity contribution in [3.8, 4) is 0 Å². The molecule has 1 amide bonds. The normalized spacial score (nSPS) is 16.4. The van der Waals surface area contributed by atoms with Gasteiger partial charge in [0.05, 0.1) is 12.3 Å². The number of nitrogens with one attached hydrogen (secondary N) is 1. The lowest BCUT2D eigenvalue weighted by atomic mass is 9.94. The van der Waals surface area contributed by atoms with Gasteiger partial charge in [0.2, 0.25) is 0 Å². The topological polar surface area (TPSA) is 48.7 Å². The number of carbonyl (C=O) groups is 1. The maximum atomic E-state index is 12.8. The average Bonchev–Trinajstić information content (AvgIpc) is 3.46. The first-order chi connectivity index (χ1) is 15.5. The molecular formula is C26H33N3O2S. The lowest BCUT2D eigenvalue weighted by molar-refractivity contribution is 0.0996.